The summed E-state index contributed by atoms with van der Waals surface area (Å²) in [4.78, 5) is 14.1. The van der Waals surface area contributed by atoms with E-state index in [1.807, 2.05) is 24.0 Å². The number of methoxy groups -OCH3 is 2. The molecule has 0 saturated heterocycles. The Morgan fingerprint density at radius 2 is 1.90 bits per heavy atom. The van der Waals surface area contributed by atoms with E-state index in [1.54, 1.807) is 14.2 Å². The van der Waals surface area contributed by atoms with E-state index >= 15 is 0 Å². The summed E-state index contributed by atoms with van der Waals surface area (Å²) in [5, 5.41) is 3.19. The first-order chi connectivity index (χ1) is 10.2. The third kappa shape index (κ3) is 3.67. The Balaban J connectivity index is 2.07. The molecule has 1 aromatic rings. The lowest BCUT2D eigenvalue weighted by molar-refractivity contribution is -0.132. The highest BCUT2D eigenvalue weighted by molar-refractivity contribution is 5.76. The van der Waals surface area contributed by atoms with Crippen LogP contribution in [0.25, 0.3) is 0 Å². The van der Waals surface area contributed by atoms with E-state index in [9.17, 15) is 4.79 Å². The molecule has 0 bridgehead atoms. The number of benzene rings is 1. The normalized spacial score (nSPS) is 13.8. The molecule has 1 aromatic carbocycles. The predicted octanol–water partition coefficient (Wildman–Crippen LogP) is 1.59. The van der Waals surface area contributed by atoms with Gasteiger partial charge in [0, 0.05) is 26.1 Å². The van der Waals surface area contributed by atoms with Crippen molar-refractivity contribution in [1.82, 2.24) is 10.2 Å². The molecule has 0 aliphatic carbocycles. The minimum atomic E-state index is 0.205. The largest absolute Gasteiger partial charge is 0.493 e. The van der Waals surface area contributed by atoms with E-state index in [-0.39, 0.29) is 5.91 Å². The molecule has 1 aliphatic rings. The van der Waals surface area contributed by atoms with Crippen LogP contribution in [0.4, 0.5) is 0 Å². The first-order valence-corrected chi connectivity index (χ1v) is 7.41. The summed E-state index contributed by atoms with van der Waals surface area (Å²) in [6, 6.07) is 4.01. The average molecular weight is 292 g/mol. The van der Waals surface area contributed by atoms with Gasteiger partial charge in [0.2, 0.25) is 5.91 Å². The molecule has 0 aromatic heterocycles. The summed E-state index contributed by atoms with van der Waals surface area (Å²) in [5.74, 6) is 1.68. The van der Waals surface area contributed by atoms with Gasteiger partial charge in [0.1, 0.15) is 0 Å². The van der Waals surface area contributed by atoms with Crippen molar-refractivity contribution in [2.24, 2.45) is 0 Å². The summed E-state index contributed by atoms with van der Waals surface area (Å²) in [7, 11) is 3.27. The maximum absolute atomic E-state index is 12.2. The fourth-order valence-corrected chi connectivity index (χ4v) is 2.63. The Hall–Kier alpha value is -1.75. The molecular weight excluding hydrogens is 268 g/mol. The van der Waals surface area contributed by atoms with Gasteiger partial charge in [-0.3, -0.25) is 4.79 Å². The van der Waals surface area contributed by atoms with Crippen molar-refractivity contribution >= 4 is 5.91 Å². The van der Waals surface area contributed by atoms with Gasteiger partial charge in [0.05, 0.1) is 14.2 Å². The van der Waals surface area contributed by atoms with Crippen molar-refractivity contribution in [2.45, 2.75) is 26.3 Å². The maximum Gasteiger partial charge on any atom is 0.224 e. The number of nitrogens with one attached hydrogen (secondary N) is 1. The monoisotopic (exact) mass is 292 g/mol. The van der Waals surface area contributed by atoms with Crippen LogP contribution in [0.1, 0.15) is 24.5 Å². The summed E-state index contributed by atoms with van der Waals surface area (Å²) < 4.78 is 10.7. The molecule has 1 aliphatic heterocycles. The second-order valence-corrected chi connectivity index (χ2v) is 5.14. The fourth-order valence-electron chi connectivity index (χ4n) is 2.63. The molecule has 116 valence electrons. The third-order valence-electron chi connectivity index (χ3n) is 3.84. The molecule has 0 atom stereocenters. The molecule has 0 unspecified atom stereocenters. The quantitative estimate of drug-likeness (QED) is 0.809. The molecule has 0 radical (unpaired) electrons. The van der Waals surface area contributed by atoms with Crippen molar-refractivity contribution in [3.05, 3.63) is 23.3 Å². The molecule has 0 saturated carbocycles. The summed E-state index contributed by atoms with van der Waals surface area (Å²) in [6.07, 6.45) is 1.42. The summed E-state index contributed by atoms with van der Waals surface area (Å²) in [6.45, 7) is 5.10. The number of nitrogens with zero attached hydrogens (tertiary/aromatic N) is 1. The minimum absolute atomic E-state index is 0.205. The lowest BCUT2D eigenvalue weighted by Crippen LogP contribution is -2.37. The zero-order chi connectivity index (χ0) is 15.2. The van der Waals surface area contributed by atoms with E-state index < -0.39 is 0 Å². The van der Waals surface area contributed by atoms with Crippen molar-refractivity contribution in [2.75, 3.05) is 33.9 Å². The van der Waals surface area contributed by atoms with Gasteiger partial charge in [-0.25, -0.2) is 0 Å². The Bertz CT molecular complexity index is 503. The van der Waals surface area contributed by atoms with Crippen LogP contribution in [0.3, 0.4) is 0 Å². The molecule has 2 rings (SSSR count). The van der Waals surface area contributed by atoms with E-state index in [2.05, 4.69) is 5.32 Å². The third-order valence-corrected chi connectivity index (χ3v) is 3.84. The van der Waals surface area contributed by atoms with Crippen LogP contribution in [0.15, 0.2) is 12.1 Å². The number of hydrogen-bond donors (Lipinski definition) is 1. The molecule has 1 amide bonds. The van der Waals surface area contributed by atoms with Crippen molar-refractivity contribution < 1.29 is 14.3 Å². The zero-order valence-electron chi connectivity index (χ0n) is 13.1. The van der Waals surface area contributed by atoms with Crippen LogP contribution in [0.2, 0.25) is 0 Å². The first kappa shape index (κ1) is 15.6. The summed E-state index contributed by atoms with van der Waals surface area (Å²) >= 11 is 0. The highest BCUT2D eigenvalue weighted by Gasteiger charge is 2.22. The molecule has 0 spiro atoms. The highest BCUT2D eigenvalue weighted by Crippen LogP contribution is 2.33. The average Bonchev–Trinajstić information content (AvgIpc) is 2.52. The minimum Gasteiger partial charge on any atom is -0.493 e. The van der Waals surface area contributed by atoms with Crippen LogP contribution >= 0.6 is 0 Å². The van der Waals surface area contributed by atoms with Gasteiger partial charge >= 0.3 is 0 Å². The molecule has 0 fully saturated rings. The molecular formula is C16H24N2O3. The van der Waals surface area contributed by atoms with Gasteiger partial charge in [-0.2, -0.15) is 0 Å². The Labute approximate surface area is 126 Å². The number of fused-ring (bicyclic) bond motifs is 1. The maximum atomic E-state index is 12.2. The second-order valence-electron chi connectivity index (χ2n) is 5.14. The van der Waals surface area contributed by atoms with Gasteiger partial charge in [0.15, 0.2) is 11.5 Å². The molecule has 1 heterocycles. The highest BCUT2D eigenvalue weighted by atomic mass is 16.5. The van der Waals surface area contributed by atoms with E-state index in [4.69, 9.17) is 9.47 Å². The number of carbonyl (C=O) groups is 1. The standard InChI is InChI=1S/C16H24N2O3/c1-4-17-7-5-16(19)18-8-6-12-9-14(20-2)15(21-3)10-13(12)11-18/h9-10,17H,4-8,11H2,1-3H3. The Kier molecular flexibility index (Phi) is 5.44. The smallest absolute Gasteiger partial charge is 0.224 e. The molecule has 5 heteroatoms. The number of carbonyl (C=O) groups excluding carboxylic acids is 1. The van der Waals surface area contributed by atoms with Crippen LogP contribution in [0.5, 0.6) is 11.5 Å². The van der Waals surface area contributed by atoms with Crippen molar-refractivity contribution in [3.8, 4) is 11.5 Å². The molecule has 5 nitrogen and oxygen atoms in total. The van der Waals surface area contributed by atoms with Gasteiger partial charge in [0.25, 0.3) is 0 Å². The van der Waals surface area contributed by atoms with Gasteiger partial charge in [-0.15, -0.1) is 0 Å². The van der Waals surface area contributed by atoms with E-state index in [1.165, 1.54) is 5.56 Å². The van der Waals surface area contributed by atoms with Gasteiger partial charge < -0.3 is 19.7 Å². The van der Waals surface area contributed by atoms with Crippen LogP contribution in [-0.2, 0) is 17.8 Å². The van der Waals surface area contributed by atoms with Crippen molar-refractivity contribution in [1.29, 1.82) is 0 Å². The lowest BCUT2D eigenvalue weighted by atomic mass is 9.98. The second kappa shape index (κ2) is 7.31. The Morgan fingerprint density at radius 3 is 2.52 bits per heavy atom. The SMILES string of the molecule is CCNCCC(=O)N1CCc2cc(OC)c(OC)cc2C1. The van der Waals surface area contributed by atoms with Gasteiger partial charge in [-0.05, 0) is 36.2 Å². The molecule has 1 N–H and O–H groups in total. The number of ether oxygens (including phenoxy) is 2. The van der Waals surface area contributed by atoms with Crippen LogP contribution in [0, 0.1) is 0 Å². The Morgan fingerprint density at radius 1 is 1.24 bits per heavy atom. The van der Waals surface area contributed by atoms with Crippen LogP contribution < -0.4 is 14.8 Å². The van der Waals surface area contributed by atoms with E-state index in [0.717, 1.165) is 43.1 Å². The lowest BCUT2D eigenvalue weighted by Gasteiger charge is -2.29. The van der Waals surface area contributed by atoms with Gasteiger partial charge in [-0.1, -0.05) is 6.92 Å². The fraction of sp³-hybridized carbons (Fsp3) is 0.562. The van der Waals surface area contributed by atoms with Crippen molar-refractivity contribution in [3.63, 3.8) is 0 Å². The summed E-state index contributed by atoms with van der Waals surface area (Å²) in [5.41, 5.74) is 2.39. The number of amides is 1. The molecule has 21 heavy (non-hydrogen) atoms. The topological polar surface area (TPSA) is 50.8 Å². The first-order valence-electron chi connectivity index (χ1n) is 7.41. The van der Waals surface area contributed by atoms with E-state index in [0.29, 0.717) is 13.0 Å². The predicted molar refractivity (Wildman–Crippen MR) is 81.8 cm³/mol. The number of hydrogen-bond acceptors (Lipinski definition) is 4. The number of rotatable bonds is 6. The van der Waals surface area contributed by atoms with Crippen LogP contribution in [-0.4, -0.2) is 44.7 Å². The zero-order valence-corrected chi connectivity index (χ0v) is 13.1.